The number of halogens is 1. The lowest BCUT2D eigenvalue weighted by molar-refractivity contribution is -0.116. The van der Waals surface area contributed by atoms with Crippen LogP contribution in [-0.2, 0) is 9.59 Å². The van der Waals surface area contributed by atoms with E-state index in [0.29, 0.717) is 50.7 Å². The lowest BCUT2D eigenvalue weighted by atomic mass is 9.76. The number of hydrogen-bond donors (Lipinski definition) is 2. The Morgan fingerprint density at radius 2 is 2.03 bits per heavy atom. The summed E-state index contributed by atoms with van der Waals surface area (Å²) in [5, 5.41) is 30.5. The van der Waals surface area contributed by atoms with Gasteiger partial charge in [-0.1, -0.05) is 46.6 Å². The van der Waals surface area contributed by atoms with Gasteiger partial charge in [-0.05, 0) is 37.5 Å². The lowest BCUT2D eigenvalue weighted by Gasteiger charge is -2.38. The number of allylic oxidation sites excluding steroid dienone is 3. The molecule has 0 bridgehead atoms. The highest BCUT2D eigenvalue weighted by atomic mass is 32.2. The molecule has 0 radical (unpaired) electrons. The minimum Gasteiger partial charge on any atom is -0.384 e. The molecule has 0 saturated carbocycles. The fourth-order valence-electron chi connectivity index (χ4n) is 4.27. The Morgan fingerprint density at radius 3 is 2.73 bits per heavy atom. The number of nitrogens with two attached hydrogens (primary N) is 1. The molecule has 1 amide bonds. The number of nitriles is 1. The Hall–Kier alpha value is -3.67. The van der Waals surface area contributed by atoms with E-state index in [0.717, 1.165) is 5.01 Å². The largest absolute Gasteiger partial charge is 0.384 e. The summed E-state index contributed by atoms with van der Waals surface area (Å²) in [4.78, 5) is 27.0. The first kappa shape index (κ1) is 25.0. The fraction of sp³-hybridized carbons (Fsp3) is 0.261. The number of amides is 1. The van der Waals surface area contributed by atoms with E-state index in [4.69, 9.17) is 5.73 Å². The molecule has 3 N–H and O–H groups in total. The number of ketones is 1. The average Bonchev–Trinajstić information content (AvgIpc) is 3.51. The summed E-state index contributed by atoms with van der Waals surface area (Å²) in [6, 6.07) is 7.91. The van der Waals surface area contributed by atoms with Gasteiger partial charge in [0.2, 0.25) is 16.2 Å². The molecule has 10 nitrogen and oxygen atoms in total. The Kier molecular flexibility index (Phi) is 7.00. The van der Waals surface area contributed by atoms with Crippen LogP contribution in [0.25, 0.3) is 0 Å². The minimum atomic E-state index is -0.681. The second-order valence-electron chi connectivity index (χ2n) is 8.18. The van der Waals surface area contributed by atoms with Crippen molar-refractivity contribution in [2.45, 2.75) is 36.4 Å². The summed E-state index contributed by atoms with van der Waals surface area (Å²) in [6.45, 7) is 1.80. The molecule has 37 heavy (non-hydrogen) atoms. The van der Waals surface area contributed by atoms with E-state index in [1.54, 1.807) is 24.0 Å². The van der Waals surface area contributed by atoms with Gasteiger partial charge in [-0.2, -0.15) is 5.26 Å². The second-order valence-corrected chi connectivity index (χ2v) is 11.5. The Labute approximate surface area is 223 Å². The molecule has 2 aromatic heterocycles. The van der Waals surface area contributed by atoms with Gasteiger partial charge in [0, 0.05) is 17.7 Å². The van der Waals surface area contributed by atoms with Crippen molar-refractivity contribution in [3.63, 3.8) is 0 Å². The standard InChI is InChI=1S/C23H19FN8O2S3/c1-11-28-29-21(36-11)27-17(34)10-35-23-31-30-22(37-23)32-15-3-2-4-16(33)19(15)18(14(9-25)20(32)26)12-5-7-13(24)8-6-12/h5-8,18H,2-4,10,26H2,1H3,(H,27,29,34). The van der Waals surface area contributed by atoms with Crippen LogP contribution in [0.2, 0.25) is 0 Å². The van der Waals surface area contributed by atoms with Gasteiger partial charge in [0.05, 0.1) is 23.3 Å². The maximum atomic E-state index is 13.6. The number of nitrogens with zero attached hydrogens (tertiary/aromatic N) is 6. The van der Waals surface area contributed by atoms with E-state index >= 15 is 0 Å². The summed E-state index contributed by atoms with van der Waals surface area (Å²) >= 11 is 3.69. The number of hydrogen-bond acceptors (Lipinski definition) is 12. The molecule has 1 atom stereocenters. The maximum Gasteiger partial charge on any atom is 0.236 e. The van der Waals surface area contributed by atoms with Crippen LogP contribution < -0.4 is 16.0 Å². The number of benzene rings is 1. The van der Waals surface area contributed by atoms with Gasteiger partial charge >= 0.3 is 0 Å². The zero-order valence-corrected chi connectivity index (χ0v) is 21.8. The predicted octanol–water partition coefficient (Wildman–Crippen LogP) is 3.87. The van der Waals surface area contributed by atoms with Crippen LogP contribution in [0.3, 0.4) is 0 Å². The fourth-order valence-corrected chi connectivity index (χ4v) is 6.56. The molecular formula is C23H19FN8O2S3. The van der Waals surface area contributed by atoms with Gasteiger partial charge in [0.15, 0.2) is 10.1 Å². The van der Waals surface area contributed by atoms with Crippen molar-refractivity contribution in [2.75, 3.05) is 16.0 Å². The van der Waals surface area contributed by atoms with E-state index < -0.39 is 11.7 Å². The highest BCUT2D eigenvalue weighted by Crippen LogP contribution is 2.47. The summed E-state index contributed by atoms with van der Waals surface area (Å²) in [7, 11) is 0. The number of anilines is 2. The highest BCUT2D eigenvalue weighted by Gasteiger charge is 2.41. The average molecular weight is 555 g/mol. The van der Waals surface area contributed by atoms with Gasteiger partial charge in [-0.25, -0.2) is 4.39 Å². The van der Waals surface area contributed by atoms with Crippen LogP contribution in [0.5, 0.6) is 0 Å². The summed E-state index contributed by atoms with van der Waals surface area (Å²) < 4.78 is 14.1. The van der Waals surface area contributed by atoms with Gasteiger partial charge in [-0.15, -0.1) is 20.4 Å². The molecule has 5 rings (SSSR count). The zero-order valence-electron chi connectivity index (χ0n) is 19.4. The van der Waals surface area contributed by atoms with Crippen LogP contribution in [-0.4, -0.2) is 37.8 Å². The van der Waals surface area contributed by atoms with Gasteiger partial charge in [-0.3, -0.25) is 19.8 Å². The van der Waals surface area contributed by atoms with Crippen molar-refractivity contribution in [2.24, 2.45) is 5.73 Å². The normalized spacial score (nSPS) is 17.6. The Bertz CT molecular complexity index is 1490. The van der Waals surface area contributed by atoms with Gasteiger partial charge < -0.3 is 5.73 Å². The lowest BCUT2D eigenvalue weighted by Crippen LogP contribution is -2.38. The molecule has 0 saturated heterocycles. The first-order valence-electron chi connectivity index (χ1n) is 11.1. The van der Waals surface area contributed by atoms with Crippen molar-refractivity contribution < 1.29 is 14.0 Å². The number of aromatic nitrogens is 4. The van der Waals surface area contributed by atoms with Crippen molar-refractivity contribution in [3.05, 3.63) is 63.3 Å². The monoisotopic (exact) mass is 554 g/mol. The number of carbonyl (C=O) groups excluding carboxylic acids is 2. The molecule has 2 aliphatic rings. The number of nitrogens with one attached hydrogen (secondary N) is 1. The number of aryl methyl sites for hydroxylation is 1. The van der Waals surface area contributed by atoms with E-state index in [-0.39, 0.29) is 28.8 Å². The summed E-state index contributed by atoms with van der Waals surface area (Å²) in [6.07, 6.45) is 1.54. The number of rotatable bonds is 6. The highest BCUT2D eigenvalue weighted by molar-refractivity contribution is 8.01. The van der Waals surface area contributed by atoms with E-state index in [1.807, 2.05) is 0 Å². The molecule has 3 heterocycles. The van der Waals surface area contributed by atoms with Crippen LogP contribution in [0, 0.1) is 24.1 Å². The molecule has 1 aliphatic heterocycles. The molecule has 0 fully saturated rings. The van der Waals surface area contributed by atoms with Crippen LogP contribution in [0.4, 0.5) is 14.7 Å². The van der Waals surface area contributed by atoms with Crippen molar-refractivity contribution in [3.8, 4) is 6.07 Å². The van der Waals surface area contributed by atoms with Crippen LogP contribution >= 0.6 is 34.4 Å². The third kappa shape index (κ3) is 4.97. The number of carbonyl (C=O) groups is 2. The Balaban J connectivity index is 1.43. The SMILES string of the molecule is Cc1nnc(NC(=O)CSc2nnc(N3C(N)=C(C#N)C(c4ccc(F)cc4)C4=C3CCCC4=O)s2)s1. The third-order valence-electron chi connectivity index (χ3n) is 5.80. The number of Topliss-reactive ketones (excluding diaryl/α,β-unsaturated/α-hetero) is 1. The topological polar surface area (TPSA) is 151 Å². The van der Waals surface area contributed by atoms with Gasteiger partial charge in [0.1, 0.15) is 16.6 Å². The molecule has 0 spiro atoms. The second kappa shape index (κ2) is 10.4. The first-order valence-corrected chi connectivity index (χ1v) is 13.8. The van der Waals surface area contributed by atoms with Crippen LogP contribution in [0.15, 0.2) is 51.3 Å². The predicted molar refractivity (Wildman–Crippen MR) is 138 cm³/mol. The van der Waals surface area contributed by atoms with Gasteiger partial charge in [0.25, 0.3) is 0 Å². The Morgan fingerprint density at radius 1 is 1.24 bits per heavy atom. The first-order chi connectivity index (χ1) is 17.9. The number of thioether (sulfide) groups is 1. The maximum absolute atomic E-state index is 13.6. The van der Waals surface area contributed by atoms with Crippen molar-refractivity contribution >= 4 is 56.4 Å². The van der Waals surface area contributed by atoms with E-state index in [2.05, 4.69) is 31.8 Å². The molecule has 14 heteroatoms. The minimum absolute atomic E-state index is 0.0801. The van der Waals surface area contributed by atoms with E-state index in [9.17, 15) is 19.2 Å². The molecule has 1 unspecified atom stereocenters. The molecule has 1 aromatic carbocycles. The molecule has 3 aromatic rings. The molecular weight excluding hydrogens is 536 g/mol. The van der Waals surface area contributed by atoms with E-state index in [1.165, 1.54) is 46.6 Å². The molecule has 188 valence electrons. The third-order valence-corrected chi connectivity index (χ3v) is 8.60. The van der Waals surface area contributed by atoms with Crippen LogP contribution in [0.1, 0.15) is 35.8 Å². The summed E-state index contributed by atoms with van der Waals surface area (Å²) in [5.41, 5.74) is 8.46. The smallest absolute Gasteiger partial charge is 0.236 e. The quantitative estimate of drug-likeness (QED) is 0.430. The molecule has 1 aliphatic carbocycles. The van der Waals surface area contributed by atoms with Crippen molar-refractivity contribution in [1.82, 2.24) is 20.4 Å². The van der Waals surface area contributed by atoms with Crippen molar-refractivity contribution in [1.29, 1.82) is 5.26 Å². The zero-order chi connectivity index (χ0) is 26.1. The summed E-state index contributed by atoms with van der Waals surface area (Å²) in [5.74, 6) is -1.19.